The number of carbonyl (C=O) groups is 1. The molecule has 0 bridgehead atoms. The second-order valence-electron chi connectivity index (χ2n) is 6.40. The summed E-state index contributed by atoms with van der Waals surface area (Å²) in [7, 11) is 0. The molecule has 2 fully saturated rings. The van der Waals surface area contributed by atoms with Crippen LogP contribution in [0.5, 0.6) is 0 Å². The molecule has 2 aliphatic heterocycles. The molecule has 1 N–H and O–H groups in total. The quantitative estimate of drug-likeness (QED) is 0.810. The van der Waals surface area contributed by atoms with Gasteiger partial charge < -0.3 is 15.0 Å². The van der Waals surface area contributed by atoms with E-state index in [0.29, 0.717) is 0 Å². The van der Waals surface area contributed by atoms with Crippen LogP contribution in [0.3, 0.4) is 0 Å². The Balaban J connectivity index is 0.000000211. The van der Waals surface area contributed by atoms with Gasteiger partial charge in [-0.25, -0.2) is 0 Å². The van der Waals surface area contributed by atoms with E-state index < -0.39 is 0 Å². The van der Waals surface area contributed by atoms with Crippen molar-refractivity contribution < 1.29 is 9.53 Å². The highest BCUT2D eigenvalue weighted by molar-refractivity contribution is 5.47. The number of morpholine rings is 1. The van der Waals surface area contributed by atoms with Gasteiger partial charge in [0.2, 0.25) is 6.41 Å². The zero-order chi connectivity index (χ0) is 15.8. The molecule has 1 spiro atoms. The van der Waals surface area contributed by atoms with Crippen molar-refractivity contribution in [2.75, 3.05) is 26.2 Å². The third-order valence-corrected chi connectivity index (χ3v) is 4.27. The second-order valence-corrected chi connectivity index (χ2v) is 6.40. The van der Waals surface area contributed by atoms with Crippen LogP contribution in [0.1, 0.15) is 31.7 Å². The number of nitrogens with one attached hydrogen (secondary N) is 1. The van der Waals surface area contributed by atoms with Gasteiger partial charge in [0.05, 0.1) is 11.7 Å². The third kappa shape index (κ3) is 5.11. The van der Waals surface area contributed by atoms with Crippen LogP contribution >= 0.6 is 0 Å². The van der Waals surface area contributed by atoms with Crippen LogP contribution in [0, 0.1) is 6.92 Å². The molecule has 0 radical (unpaired) electrons. The number of benzene rings is 1. The van der Waals surface area contributed by atoms with Gasteiger partial charge in [-0.2, -0.15) is 0 Å². The van der Waals surface area contributed by atoms with E-state index in [9.17, 15) is 4.79 Å². The average molecular weight is 304 g/mol. The minimum Gasteiger partial charge on any atom is -0.368 e. The van der Waals surface area contributed by atoms with Crippen molar-refractivity contribution in [1.29, 1.82) is 0 Å². The highest BCUT2D eigenvalue weighted by Crippen LogP contribution is 2.30. The Morgan fingerprint density at radius 2 is 2.05 bits per heavy atom. The molecule has 4 nitrogen and oxygen atoms in total. The third-order valence-electron chi connectivity index (χ3n) is 4.27. The lowest BCUT2D eigenvalue weighted by Crippen LogP contribution is -2.54. The molecule has 2 saturated heterocycles. The predicted molar refractivity (Wildman–Crippen MR) is 88.8 cm³/mol. The molecule has 1 aromatic carbocycles. The van der Waals surface area contributed by atoms with Crippen LogP contribution in [0.2, 0.25) is 0 Å². The molecule has 2 atom stereocenters. The van der Waals surface area contributed by atoms with Crippen molar-refractivity contribution in [1.82, 2.24) is 10.2 Å². The summed E-state index contributed by atoms with van der Waals surface area (Å²) in [4.78, 5) is 12.7. The van der Waals surface area contributed by atoms with Gasteiger partial charge in [-0.05, 0) is 46.2 Å². The van der Waals surface area contributed by atoms with E-state index in [1.54, 1.807) is 0 Å². The molecule has 22 heavy (non-hydrogen) atoms. The molecule has 3 rings (SSSR count). The first-order valence-corrected chi connectivity index (χ1v) is 8.23. The topological polar surface area (TPSA) is 41.6 Å². The van der Waals surface area contributed by atoms with E-state index in [0.717, 1.165) is 51.9 Å². The summed E-state index contributed by atoms with van der Waals surface area (Å²) in [6.45, 7) is 7.71. The van der Waals surface area contributed by atoms with Crippen LogP contribution in [-0.4, -0.2) is 49.2 Å². The predicted octanol–water partition coefficient (Wildman–Crippen LogP) is 2.37. The fourth-order valence-corrected chi connectivity index (χ4v) is 3.26. The Bertz CT molecular complexity index is 442. The van der Waals surface area contributed by atoms with E-state index >= 15 is 0 Å². The van der Waals surface area contributed by atoms with Gasteiger partial charge in [0.15, 0.2) is 0 Å². The number of nitrogens with zero attached hydrogens (tertiary/aromatic N) is 1. The number of aryl methyl sites for hydroxylation is 1. The first-order chi connectivity index (χ1) is 10.6. The number of ether oxygens (including phenoxy) is 1. The maximum absolute atomic E-state index is 10.9. The lowest BCUT2D eigenvalue weighted by molar-refractivity contribution is -0.161. The first-order valence-electron chi connectivity index (χ1n) is 8.23. The number of hydrogen-bond donors (Lipinski definition) is 1. The molecule has 122 valence electrons. The van der Waals surface area contributed by atoms with Crippen molar-refractivity contribution in [2.45, 2.75) is 44.8 Å². The van der Waals surface area contributed by atoms with Crippen molar-refractivity contribution >= 4 is 6.41 Å². The standard InChI is InChI=1S/C11H20N2O2.C7H8/c1-10-7-13(9-14)8-11(15-10)3-2-5-12-6-4-11;1-7-5-3-2-4-6-7/h9-10,12H,2-8H2,1H3;2-6H,1H3. The fraction of sp³-hybridized carbons (Fsp3) is 0.611. The highest BCUT2D eigenvalue weighted by Gasteiger charge is 2.39. The molecule has 0 aliphatic carbocycles. The van der Waals surface area contributed by atoms with E-state index in [4.69, 9.17) is 4.74 Å². The monoisotopic (exact) mass is 304 g/mol. The van der Waals surface area contributed by atoms with Crippen molar-refractivity contribution in [2.24, 2.45) is 0 Å². The molecule has 2 aliphatic rings. The molecular formula is C18H28N2O2. The number of hydrogen-bond acceptors (Lipinski definition) is 3. The maximum atomic E-state index is 10.9. The molecule has 4 heteroatoms. The van der Waals surface area contributed by atoms with Gasteiger partial charge in [-0.1, -0.05) is 35.9 Å². The molecule has 2 heterocycles. The van der Waals surface area contributed by atoms with Gasteiger partial charge in [-0.3, -0.25) is 4.79 Å². The summed E-state index contributed by atoms with van der Waals surface area (Å²) in [5, 5.41) is 3.38. The lowest BCUT2D eigenvalue weighted by atomic mass is 9.92. The Kier molecular flexibility index (Phi) is 6.40. The van der Waals surface area contributed by atoms with Gasteiger partial charge in [0, 0.05) is 13.1 Å². The second kappa shape index (κ2) is 8.30. The lowest BCUT2D eigenvalue weighted by Gasteiger charge is -2.44. The van der Waals surface area contributed by atoms with E-state index in [-0.39, 0.29) is 11.7 Å². The van der Waals surface area contributed by atoms with Crippen LogP contribution in [0.4, 0.5) is 0 Å². The van der Waals surface area contributed by atoms with Gasteiger partial charge in [0.25, 0.3) is 0 Å². The Hall–Kier alpha value is -1.39. The van der Waals surface area contributed by atoms with Crippen molar-refractivity contribution in [3.63, 3.8) is 0 Å². The van der Waals surface area contributed by atoms with E-state index in [1.807, 2.05) is 23.1 Å². The summed E-state index contributed by atoms with van der Waals surface area (Å²) < 4.78 is 6.09. The number of carbonyl (C=O) groups excluding carboxylic acids is 1. The zero-order valence-corrected chi connectivity index (χ0v) is 13.8. The minimum absolute atomic E-state index is 0.0813. The van der Waals surface area contributed by atoms with Crippen LogP contribution in [-0.2, 0) is 9.53 Å². The number of rotatable bonds is 1. The van der Waals surface area contributed by atoms with Gasteiger partial charge in [0.1, 0.15) is 0 Å². The van der Waals surface area contributed by atoms with Crippen LogP contribution in [0.15, 0.2) is 30.3 Å². The Labute approximate surface area is 133 Å². The number of amides is 1. The first kappa shape index (κ1) is 17.0. The molecule has 0 saturated carbocycles. The molecular weight excluding hydrogens is 276 g/mol. The molecule has 0 aromatic heterocycles. The van der Waals surface area contributed by atoms with Gasteiger partial charge in [-0.15, -0.1) is 0 Å². The van der Waals surface area contributed by atoms with Crippen LogP contribution in [0.25, 0.3) is 0 Å². The smallest absolute Gasteiger partial charge is 0.209 e. The normalized spacial score (nSPS) is 28.5. The van der Waals surface area contributed by atoms with E-state index in [1.165, 1.54) is 5.56 Å². The van der Waals surface area contributed by atoms with E-state index in [2.05, 4.69) is 31.3 Å². The largest absolute Gasteiger partial charge is 0.368 e. The average Bonchev–Trinajstić information content (AvgIpc) is 2.73. The molecule has 1 aromatic rings. The van der Waals surface area contributed by atoms with Crippen molar-refractivity contribution in [3.8, 4) is 0 Å². The highest BCUT2D eigenvalue weighted by atomic mass is 16.5. The summed E-state index contributed by atoms with van der Waals surface area (Å²) in [6, 6.07) is 10.3. The van der Waals surface area contributed by atoms with Crippen molar-refractivity contribution in [3.05, 3.63) is 35.9 Å². The molecule has 1 amide bonds. The summed E-state index contributed by atoms with van der Waals surface area (Å²) in [6.07, 6.45) is 4.34. The Morgan fingerprint density at radius 1 is 1.27 bits per heavy atom. The minimum atomic E-state index is -0.0813. The Morgan fingerprint density at radius 3 is 2.68 bits per heavy atom. The summed E-state index contributed by atoms with van der Waals surface area (Å²) in [5.74, 6) is 0. The maximum Gasteiger partial charge on any atom is 0.209 e. The van der Waals surface area contributed by atoms with Gasteiger partial charge >= 0.3 is 0 Å². The molecule has 2 unspecified atom stereocenters. The summed E-state index contributed by atoms with van der Waals surface area (Å²) in [5.41, 5.74) is 1.24. The summed E-state index contributed by atoms with van der Waals surface area (Å²) >= 11 is 0. The zero-order valence-electron chi connectivity index (χ0n) is 13.8. The SMILES string of the molecule is CC1CN(C=O)CC2(CCCNCC2)O1.Cc1ccccc1. The van der Waals surface area contributed by atoms with Crippen LogP contribution < -0.4 is 5.32 Å². The fourth-order valence-electron chi connectivity index (χ4n) is 3.26.